The van der Waals surface area contributed by atoms with Gasteiger partial charge in [0, 0.05) is 23.2 Å². The third-order valence-electron chi connectivity index (χ3n) is 3.38. The van der Waals surface area contributed by atoms with Crippen LogP contribution in [0.15, 0.2) is 30.3 Å². The Morgan fingerprint density at radius 2 is 2.05 bits per heavy atom. The normalized spacial score (nSPS) is 13.8. The first-order valence-electron chi connectivity index (χ1n) is 6.07. The number of amides is 1. The van der Waals surface area contributed by atoms with E-state index in [1.807, 2.05) is 31.2 Å². The second-order valence-electron chi connectivity index (χ2n) is 4.71. The zero-order chi connectivity index (χ0) is 13.6. The molecule has 0 atom stereocenters. The van der Waals surface area contributed by atoms with Gasteiger partial charge in [-0.25, -0.2) is 0 Å². The molecule has 2 heterocycles. The highest BCUT2D eigenvalue weighted by molar-refractivity contribution is 7.14. The van der Waals surface area contributed by atoms with E-state index in [2.05, 4.69) is 0 Å². The summed E-state index contributed by atoms with van der Waals surface area (Å²) in [5.41, 5.74) is 2.50. The summed E-state index contributed by atoms with van der Waals surface area (Å²) in [7, 11) is 1.76. The van der Waals surface area contributed by atoms with Crippen molar-refractivity contribution >= 4 is 28.7 Å². The SMILES string of the molecule is Cc1ccc(C(=O)c2ccc3c(c2)CC(=O)N3C)s1. The molecule has 0 saturated heterocycles. The summed E-state index contributed by atoms with van der Waals surface area (Å²) in [6.45, 7) is 1.98. The van der Waals surface area contributed by atoms with Gasteiger partial charge in [0.25, 0.3) is 0 Å². The Bertz CT molecular complexity index is 687. The summed E-state index contributed by atoms with van der Waals surface area (Å²) >= 11 is 1.50. The van der Waals surface area contributed by atoms with E-state index in [9.17, 15) is 9.59 Å². The molecule has 0 spiro atoms. The number of benzene rings is 1. The van der Waals surface area contributed by atoms with E-state index >= 15 is 0 Å². The van der Waals surface area contributed by atoms with Crippen molar-refractivity contribution in [1.29, 1.82) is 0 Å². The van der Waals surface area contributed by atoms with Gasteiger partial charge in [-0.1, -0.05) is 0 Å². The fourth-order valence-electron chi connectivity index (χ4n) is 2.31. The highest BCUT2D eigenvalue weighted by Gasteiger charge is 2.25. The van der Waals surface area contributed by atoms with Crippen LogP contribution in [-0.4, -0.2) is 18.7 Å². The number of thiophene rings is 1. The number of rotatable bonds is 2. The zero-order valence-corrected chi connectivity index (χ0v) is 11.6. The number of nitrogens with zero attached hydrogens (tertiary/aromatic N) is 1. The van der Waals surface area contributed by atoms with Crippen molar-refractivity contribution in [3.8, 4) is 0 Å². The van der Waals surface area contributed by atoms with Crippen LogP contribution in [0.4, 0.5) is 5.69 Å². The maximum Gasteiger partial charge on any atom is 0.231 e. The number of fused-ring (bicyclic) bond motifs is 1. The van der Waals surface area contributed by atoms with Gasteiger partial charge in [0.15, 0.2) is 0 Å². The minimum atomic E-state index is 0.0305. The molecule has 1 aromatic carbocycles. The van der Waals surface area contributed by atoms with Gasteiger partial charge in [0.1, 0.15) is 0 Å². The number of hydrogen-bond acceptors (Lipinski definition) is 3. The number of hydrogen-bond donors (Lipinski definition) is 0. The van der Waals surface area contributed by atoms with Gasteiger partial charge in [-0.3, -0.25) is 9.59 Å². The van der Waals surface area contributed by atoms with E-state index in [1.165, 1.54) is 11.3 Å². The first-order chi connectivity index (χ1) is 9.06. The van der Waals surface area contributed by atoms with Crippen molar-refractivity contribution < 1.29 is 9.59 Å². The Labute approximate surface area is 115 Å². The molecule has 0 unspecified atom stereocenters. The van der Waals surface area contributed by atoms with Crippen LogP contribution in [0.2, 0.25) is 0 Å². The van der Waals surface area contributed by atoms with E-state index in [1.54, 1.807) is 18.0 Å². The molecule has 1 aliphatic heterocycles. The molecule has 0 bridgehead atoms. The molecule has 0 saturated carbocycles. The van der Waals surface area contributed by atoms with Crippen LogP contribution >= 0.6 is 11.3 Å². The second kappa shape index (κ2) is 4.31. The number of likely N-dealkylation sites (N-methyl/N-ethyl adjacent to an activating group) is 1. The number of aryl methyl sites for hydroxylation is 1. The zero-order valence-electron chi connectivity index (χ0n) is 10.8. The lowest BCUT2D eigenvalue weighted by molar-refractivity contribution is -0.117. The molecule has 1 aromatic heterocycles. The molecule has 3 rings (SSSR count). The van der Waals surface area contributed by atoms with E-state index in [0.717, 1.165) is 21.0 Å². The van der Waals surface area contributed by atoms with Crippen LogP contribution in [0.3, 0.4) is 0 Å². The Morgan fingerprint density at radius 3 is 2.74 bits per heavy atom. The molecular formula is C15H13NO2S. The highest BCUT2D eigenvalue weighted by atomic mass is 32.1. The van der Waals surface area contributed by atoms with E-state index in [0.29, 0.717) is 12.0 Å². The quantitative estimate of drug-likeness (QED) is 0.788. The summed E-state index contributed by atoms with van der Waals surface area (Å²) in [6.07, 6.45) is 0.385. The van der Waals surface area contributed by atoms with Gasteiger partial charge in [-0.2, -0.15) is 0 Å². The Balaban J connectivity index is 1.98. The molecule has 0 aliphatic carbocycles. The number of anilines is 1. The van der Waals surface area contributed by atoms with Crippen LogP contribution in [0.1, 0.15) is 25.7 Å². The molecule has 0 radical (unpaired) electrons. The van der Waals surface area contributed by atoms with E-state index < -0.39 is 0 Å². The van der Waals surface area contributed by atoms with Gasteiger partial charge >= 0.3 is 0 Å². The van der Waals surface area contributed by atoms with E-state index in [4.69, 9.17) is 0 Å². The molecule has 0 N–H and O–H groups in total. The maximum absolute atomic E-state index is 12.3. The average Bonchev–Trinajstić information content (AvgIpc) is 2.94. The van der Waals surface area contributed by atoms with Crippen LogP contribution in [-0.2, 0) is 11.2 Å². The molecule has 1 aliphatic rings. The predicted molar refractivity (Wildman–Crippen MR) is 76.0 cm³/mol. The van der Waals surface area contributed by atoms with Crippen LogP contribution in [0, 0.1) is 6.92 Å². The molecule has 96 valence electrons. The van der Waals surface area contributed by atoms with Crippen LogP contribution in [0.5, 0.6) is 0 Å². The lowest BCUT2D eigenvalue weighted by atomic mass is 10.0. The molecule has 0 fully saturated rings. The molecule has 2 aromatic rings. The maximum atomic E-state index is 12.3. The molecule has 19 heavy (non-hydrogen) atoms. The molecule has 3 nitrogen and oxygen atoms in total. The number of ketones is 1. The van der Waals surface area contributed by atoms with Crippen molar-refractivity contribution in [1.82, 2.24) is 0 Å². The fourth-order valence-corrected chi connectivity index (χ4v) is 3.14. The first-order valence-corrected chi connectivity index (χ1v) is 6.88. The average molecular weight is 271 g/mol. The third-order valence-corrected chi connectivity index (χ3v) is 4.38. The highest BCUT2D eigenvalue weighted by Crippen LogP contribution is 2.29. The Hall–Kier alpha value is -1.94. The molecule has 1 amide bonds. The minimum Gasteiger partial charge on any atom is -0.315 e. The lowest BCUT2D eigenvalue weighted by Crippen LogP contribution is -2.20. The van der Waals surface area contributed by atoms with Crippen LogP contribution < -0.4 is 4.90 Å². The largest absolute Gasteiger partial charge is 0.315 e. The Morgan fingerprint density at radius 1 is 1.26 bits per heavy atom. The fraction of sp³-hybridized carbons (Fsp3) is 0.200. The first kappa shape index (κ1) is 12.1. The topological polar surface area (TPSA) is 37.4 Å². The summed E-state index contributed by atoms with van der Waals surface area (Å²) in [4.78, 5) is 27.5. The summed E-state index contributed by atoms with van der Waals surface area (Å²) < 4.78 is 0. The van der Waals surface area contributed by atoms with Gasteiger partial charge in [-0.15, -0.1) is 11.3 Å². The minimum absolute atomic E-state index is 0.0305. The summed E-state index contributed by atoms with van der Waals surface area (Å²) in [6, 6.07) is 9.29. The monoisotopic (exact) mass is 271 g/mol. The van der Waals surface area contributed by atoms with Gasteiger partial charge in [0.05, 0.1) is 11.3 Å². The standard InChI is InChI=1S/C15H13NO2S/c1-9-3-6-13(19-9)15(18)10-4-5-12-11(7-10)8-14(17)16(12)2/h3-7H,8H2,1-2H3. The van der Waals surface area contributed by atoms with Crippen molar-refractivity contribution in [2.24, 2.45) is 0 Å². The number of carbonyl (C=O) groups is 2. The van der Waals surface area contributed by atoms with Crippen LogP contribution in [0.25, 0.3) is 0 Å². The number of carbonyl (C=O) groups excluding carboxylic acids is 2. The van der Waals surface area contributed by atoms with E-state index in [-0.39, 0.29) is 11.7 Å². The predicted octanol–water partition coefficient (Wildman–Crippen LogP) is 2.81. The molecule has 4 heteroatoms. The summed E-state index contributed by atoms with van der Waals surface area (Å²) in [5, 5.41) is 0. The van der Waals surface area contributed by atoms with Crippen molar-refractivity contribution in [3.05, 3.63) is 51.2 Å². The van der Waals surface area contributed by atoms with Crippen molar-refractivity contribution in [2.75, 3.05) is 11.9 Å². The smallest absolute Gasteiger partial charge is 0.231 e. The Kier molecular flexibility index (Phi) is 2.75. The molecular weight excluding hydrogens is 258 g/mol. The van der Waals surface area contributed by atoms with Gasteiger partial charge < -0.3 is 4.90 Å². The lowest BCUT2D eigenvalue weighted by Gasteiger charge is -2.09. The second-order valence-corrected chi connectivity index (χ2v) is 6.00. The van der Waals surface area contributed by atoms with Crippen molar-refractivity contribution in [2.45, 2.75) is 13.3 Å². The van der Waals surface area contributed by atoms with Crippen molar-refractivity contribution in [3.63, 3.8) is 0 Å². The summed E-state index contributed by atoms with van der Waals surface area (Å²) in [5.74, 6) is 0.106. The van der Waals surface area contributed by atoms with Gasteiger partial charge in [0.2, 0.25) is 11.7 Å². The third kappa shape index (κ3) is 1.98. The van der Waals surface area contributed by atoms with Gasteiger partial charge in [-0.05, 0) is 42.8 Å².